The van der Waals surface area contributed by atoms with E-state index in [-0.39, 0.29) is 11.8 Å². The Balaban J connectivity index is 2.12. The number of hydrogen-bond donors (Lipinski definition) is 2. The predicted molar refractivity (Wildman–Crippen MR) is 82.5 cm³/mol. The van der Waals surface area contributed by atoms with Crippen LogP contribution in [-0.4, -0.2) is 24.1 Å². The zero-order valence-electron chi connectivity index (χ0n) is 12.0. The topological polar surface area (TPSA) is 75.6 Å². The molecule has 2 rings (SSSR count). The SMILES string of the molecule is COc1cc(Br)cc(C)c1NC(=O)[C@@H]1CC[C@H](C(=O)O)C1. The van der Waals surface area contributed by atoms with Crippen LogP contribution < -0.4 is 10.1 Å². The van der Waals surface area contributed by atoms with Gasteiger partial charge in [-0.15, -0.1) is 0 Å². The van der Waals surface area contributed by atoms with Gasteiger partial charge in [0.2, 0.25) is 5.91 Å². The van der Waals surface area contributed by atoms with Crippen LogP contribution in [0.15, 0.2) is 16.6 Å². The lowest BCUT2D eigenvalue weighted by Crippen LogP contribution is -2.22. The summed E-state index contributed by atoms with van der Waals surface area (Å²) >= 11 is 3.39. The van der Waals surface area contributed by atoms with Crippen LogP contribution in [0, 0.1) is 18.8 Å². The number of carboxylic acids is 1. The van der Waals surface area contributed by atoms with Crippen molar-refractivity contribution in [2.24, 2.45) is 11.8 Å². The Morgan fingerprint density at radius 3 is 2.57 bits per heavy atom. The lowest BCUT2D eigenvalue weighted by atomic mass is 10.0. The lowest BCUT2D eigenvalue weighted by molar-refractivity contribution is -0.141. The fraction of sp³-hybridized carbons (Fsp3) is 0.467. The van der Waals surface area contributed by atoms with E-state index in [9.17, 15) is 9.59 Å². The molecule has 1 aliphatic carbocycles. The fourth-order valence-corrected chi connectivity index (χ4v) is 3.25. The number of methoxy groups -OCH3 is 1. The van der Waals surface area contributed by atoms with Gasteiger partial charge in [-0.2, -0.15) is 0 Å². The number of carbonyl (C=O) groups excluding carboxylic acids is 1. The first-order valence-electron chi connectivity index (χ1n) is 6.80. The van der Waals surface area contributed by atoms with Gasteiger partial charge in [0.15, 0.2) is 0 Å². The predicted octanol–water partition coefficient (Wildman–Crippen LogP) is 3.21. The third kappa shape index (κ3) is 3.56. The number of aliphatic carboxylic acids is 1. The van der Waals surface area contributed by atoms with E-state index >= 15 is 0 Å². The Bertz CT molecular complexity index is 573. The molecule has 0 saturated heterocycles. The smallest absolute Gasteiger partial charge is 0.306 e. The largest absolute Gasteiger partial charge is 0.495 e. The van der Waals surface area contributed by atoms with Gasteiger partial charge in [-0.25, -0.2) is 0 Å². The number of nitrogens with one attached hydrogen (secondary N) is 1. The number of rotatable bonds is 4. The summed E-state index contributed by atoms with van der Waals surface area (Å²) in [7, 11) is 1.55. The first kappa shape index (κ1) is 15.8. The van der Waals surface area contributed by atoms with Gasteiger partial charge in [-0.05, 0) is 43.9 Å². The highest BCUT2D eigenvalue weighted by Gasteiger charge is 2.34. The third-order valence-electron chi connectivity index (χ3n) is 3.88. The Hall–Kier alpha value is -1.56. The van der Waals surface area contributed by atoms with Crippen LogP contribution >= 0.6 is 15.9 Å². The third-order valence-corrected chi connectivity index (χ3v) is 4.34. The summed E-state index contributed by atoms with van der Waals surface area (Å²) in [6.07, 6.45) is 1.57. The number of amides is 1. The van der Waals surface area contributed by atoms with Crippen molar-refractivity contribution in [2.45, 2.75) is 26.2 Å². The number of hydrogen-bond acceptors (Lipinski definition) is 3. The standard InChI is InChI=1S/C15H18BrNO4/c1-8-5-11(16)7-12(21-2)13(8)17-14(18)9-3-4-10(6-9)15(19)20/h5,7,9-10H,3-4,6H2,1-2H3,(H,17,18)(H,19,20)/t9-,10+/m1/s1. The number of benzene rings is 1. The van der Waals surface area contributed by atoms with Gasteiger partial charge in [-0.3, -0.25) is 9.59 Å². The molecule has 2 N–H and O–H groups in total. The second kappa shape index (κ2) is 6.47. The summed E-state index contributed by atoms with van der Waals surface area (Å²) < 4.78 is 6.17. The zero-order valence-corrected chi connectivity index (χ0v) is 13.6. The summed E-state index contributed by atoms with van der Waals surface area (Å²) in [5.74, 6) is -1.03. The van der Waals surface area contributed by atoms with Crippen LogP contribution in [0.2, 0.25) is 0 Å². The number of halogens is 1. The van der Waals surface area contributed by atoms with E-state index in [0.717, 1.165) is 10.0 Å². The van der Waals surface area contributed by atoms with Crippen LogP contribution in [0.5, 0.6) is 5.75 Å². The molecule has 21 heavy (non-hydrogen) atoms. The minimum atomic E-state index is -0.817. The number of ether oxygens (including phenoxy) is 1. The minimum absolute atomic E-state index is 0.137. The summed E-state index contributed by atoms with van der Waals surface area (Å²) in [5, 5.41) is 11.9. The molecular formula is C15H18BrNO4. The molecule has 1 aromatic carbocycles. The molecule has 0 spiro atoms. The average Bonchev–Trinajstić information content (AvgIpc) is 2.91. The van der Waals surface area contributed by atoms with Gasteiger partial charge in [0.05, 0.1) is 18.7 Å². The molecule has 0 aliphatic heterocycles. The quantitative estimate of drug-likeness (QED) is 0.869. The monoisotopic (exact) mass is 355 g/mol. The second-order valence-electron chi connectivity index (χ2n) is 5.33. The highest BCUT2D eigenvalue weighted by atomic mass is 79.9. The normalized spacial score (nSPS) is 21.1. The van der Waals surface area contributed by atoms with Crippen LogP contribution in [0.25, 0.3) is 0 Å². The van der Waals surface area contributed by atoms with E-state index in [0.29, 0.717) is 30.7 Å². The first-order chi connectivity index (χ1) is 9.92. The van der Waals surface area contributed by atoms with E-state index in [1.807, 2.05) is 13.0 Å². The van der Waals surface area contributed by atoms with Gasteiger partial charge in [0.25, 0.3) is 0 Å². The van der Waals surface area contributed by atoms with Crippen LogP contribution in [-0.2, 0) is 9.59 Å². The molecule has 114 valence electrons. The molecule has 1 aliphatic rings. The van der Waals surface area contributed by atoms with Crippen molar-refractivity contribution in [1.82, 2.24) is 0 Å². The van der Waals surface area contributed by atoms with Gasteiger partial charge in [0.1, 0.15) is 5.75 Å². The molecule has 2 atom stereocenters. The van der Waals surface area contributed by atoms with Crippen molar-refractivity contribution in [2.75, 3.05) is 12.4 Å². The Morgan fingerprint density at radius 2 is 2.00 bits per heavy atom. The molecule has 5 nitrogen and oxygen atoms in total. The van der Waals surface area contributed by atoms with E-state index in [2.05, 4.69) is 21.2 Å². The van der Waals surface area contributed by atoms with E-state index in [4.69, 9.17) is 9.84 Å². The second-order valence-corrected chi connectivity index (χ2v) is 6.25. The molecule has 0 radical (unpaired) electrons. The van der Waals surface area contributed by atoms with Gasteiger partial charge < -0.3 is 15.2 Å². The minimum Gasteiger partial charge on any atom is -0.495 e. The molecule has 0 aromatic heterocycles. The molecule has 1 amide bonds. The van der Waals surface area contributed by atoms with Gasteiger partial charge in [-0.1, -0.05) is 15.9 Å². The van der Waals surface area contributed by atoms with E-state index in [1.165, 1.54) is 0 Å². The van der Waals surface area contributed by atoms with Gasteiger partial charge in [0, 0.05) is 10.4 Å². The molecule has 0 heterocycles. The van der Waals surface area contributed by atoms with E-state index < -0.39 is 11.9 Å². The first-order valence-corrected chi connectivity index (χ1v) is 7.59. The number of carboxylic acid groups (broad SMARTS) is 1. The summed E-state index contributed by atoms with van der Waals surface area (Å²) in [6.45, 7) is 1.89. The molecule has 6 heteroatoms. The maximum absolute atomic E-state index is 12.3. The van der Waals surface area contributed by atoms with E-state index in [1.54, 1.807) is 13.2 Å². The Labute approximate surface area is 131 Å². The highest BCUT2D eigenvalue weighted by molar-refractivity contribution is 9.10. The molecule has 1 saturated carbocycles. The highest BCUT2D eigenvalue weighted by Crippen LogP contribution is 2.35. The maximum Gasteiger partial charge on any atom is 0.306 e. The Kier molecular flexibility index (Phi) is 4.88. The van der Waals surface area contributed by atoms with Crippen molar-refractivity contribution in [3.05, 3.63) is 22.2 Å². The Morgan fingerprint density at radius 1 is 1.33 bits per heavy atom. The molecular weight excluding hydrogens is 338 g/mol. The molecule has 1 fully saturated rings. The van der Waals surface area contributed by atoms with Crippen molar-refractivity contribution in [3.8, 4) is 5.75 Å². The van der Waals surface area contributed by atoms with Gasteiger partial charge >= 0.3 is 5.97 Å². The van der Waals surface area contributed by atoms with Crippen LogP contribution in [0.1, 0.15) is 24.8 Å². The van der Waals surface area contributed by atoms with Crippen molar-refractivity contribution in [3.63, 3.8) is 0 Å². The number of carbonyl (C=O) groups is 2. The lowest BCUT2D eigenvalue weighted by Gasteiger charge is -2.16. The molecule has 0 bridgehead atoms. The summed E-state index contributed by atoms with van der Waals surface area (Å²) in [6, 6.07) is 3.68. The fourth-order valence-electron chi connectivity index (χ4n) is 2.70. The zero-order chi connectivity index (χ0) is 15.6. The van der Waals surface area contributed by atoms with Crippen LogP contribution in [0.3, 0.4) is 0 Å². The summed E-state index contributed by atoms with van der Waals surface area (Å²) in [4.78, 5) is 23.3. The van der Waals surface area contributed by atoms with Crippen molar-refractivity contribution >= 4 is 33.5 Å². The number of anilines is 1. The number of aryl methyl sites for hydroxylation is 1. The van der Waals surface area contributed by atoms with Crippen molar-refractivity contribution < 1.29 is 19.4 Å². The van der Waals surface area contributed by atoms with Crippen LogP contribution in [0.4, 0.5) is 5.69 Å². The molecule has 0 unspecified atom stereocenters. The molecule has 1 aromatic rings. The average molecular weight is 356 g/mol. The summed E-state index contributed by atoms with van der Waals surface area (Å²) in [5.41, 5.74) is 1.53. The maximum atomic E-state index is 12.3. The van der Waals surface area contributed by atoms with Crippen molar-refractivity contribution in [1.29, 1.82) is 0 Å².